The molecule has 4 rings (SSSR count). The van der Waals surface area contributed by atoms with Gasteiger partial charge in [0.25, 0.3) is 0 Å². The first kappa shape index (κ1) is 17.1. The van der Waals surface area contributed by atoms with Gasteiger partial charge in [0.15, 0.2) is 0 Å². The Labute approximate surface area is 150 Å². The third-order valence-corrected chi connectivity index (χ3v) is 6.23. The van der Waals surface area contributed by atoms with Gasteiger partial charge >= 0.3 is 0 Å². The summed E-state index contributed by atoms with van der Waals surface area (Å²) in [4.78, 5) is 2.53. The lowest BCUT2D eigenvalue weighted by molar-refractivity contribution is -0.0531. The zero-order valence-corrected chi connectivity index (χ0v) is 15.4. The number of fused-ring (bicyclic) bond motifs is 1. The van der Waals surface area contributed by atoms with Crippen molar-refractivity contribution in [1.82, 2.24) is 14.8 Å². The van der Waals surface area contributed by atoms with Crippen LogP contribution in [0.25, 0.3) is 10.9 Å². The third-order valence-electron chi connectivity index (χ3n) is 6.23. The molecule has 0 spiro atoms. The molecule has 136 valence electrons. The van der Waals surface area contributed by atoms with E-state index in [2.05, 4.69) is 52.0 Å². The van der Waals surface area contributed by atoms with Crippen LogP contribution in [0.1, 0.15) is 43.8 Å². The second-order valence-corrected chi connectivity index (χ2v) is 7.95. The molecule has 2 fully saturated rings. The smallest absolute Gasteiger partial charge is 0.0866 e. The largest absolute Gasteiger partial charge is 0.388 e. The van der Waals surface area contributed by atoms with E-state index in [-0.39, 0.29) is 6.04 Å². The summed E-state index contributed by atoms with van der Waals surface area (Å²) < 4.78 is 2.43. The van der Waals surface area contributed by atoms with Crippen LogP contribution in [0.5, 0.6) is 0 Å². The molecule has 4 nitrogen and oxygen atoms in total. The number of aliphatic hydroxyl groups is 1. The van der Waals surface area contributed by atoms with E-state index in [1.165, 1.54) is 23.0 Å². The van der Waals surface area contributed by atoms with Crippen LogP contribution in [-0.4, -0.2) is 52.9 Å². The number of piperazine rings is 1. The van der Waals surface area contributed by atoms with Gasteiger partial charge < -0.3 is 15.0 Å². The standard InChI is InChI=1S/C21H31N3O/c1-17-15-18-7-3-4-8-19(18)24(17)20(16-23-13-11-22-12-14-23)21(25)9-5-2-6-10-21/h3-4,7-8,15,20,22,25H,2,5-6,9-14,16H2,1H3. The maximum Gasteiger partial charge on any atom is 0.0866 e. The Morgan fingerprint density at radius 3 is 2.60 bits per heavy atom. The van der Waals surface area contributed by atoms with Crippen LogP contribution in [0, 0.1) is 6.92 Å². The summed E-state index contributed by atoms with van der Waals surface area (Å²) in [6, 6.07) is 11.0. The van der Waals surface area contributed by atoms with E-state index in [0.717, 1.165) is 58.4 Å². The predicted molar refractivity (Wildman–Crippen MR) is 103 cm³/mol. The Balaban J connectivity index is 1.74. The van der Waals surface area contributed by atoms with Crippen molar-refractivity contribution in [3.05, 3.63) is 36.0 Å². The van der Waals surface area contributed by atoms with Gasteiger partial charge in [0, 0.05) is 43.9 Å². The van der Waals surface area contributed by atoms with E-state index in [0.29, 0.717) is 0 Å². The Kier molecular flexibility index (Phi) is 4.85. The summed E-state index contributed by atoms with van der Waals surface area (Å²) in [5, 5.41) is 16.4. The van der Waals surface area contributed by atoms with Crippen molar-refractivity contribution >= 4 is 10.9 Å². The molecule has 1 saturated carbocycles. The molecular weight excluding hydrogens is 310 g/mol. The summed E-state index contributed by atoms with van der Waals surface area (Å²) in [6.07, 6.45) is 5.40. The van der Waals surface area contributed by atoms with Gasteiger partial charge in [-0.1, -0.05) is 37.5 Å². The zero-order valence-electron chi connectivity index (χ0n) is 15.4. The van der Waals surface area contributed by atoms with Gasteiger partial charge in [-0.15, -0.1) is 0 Å². The average molecular weight is 341 g/mol. The quantitative estimate of drug-likeness (QED) is 0.898. The Bertz CT molecular complexity index is 711. The van der Waals surface area contributed by atoms with E-state index in [1.54, 1.807) is 0 Å². The SMILES string of the molecule is Cc1cc2ccccc2n1C(CN1CCNCC1)C1(O)CCCCC1. The molecule has 1 unspecified atom stereocenters. The van der Waals surface area contributed by atoms with Crippen molar-refractivity contribution in [2.24, 2.45) is 0 Å². The lowest BCUT2D eigenvalue weighted by atomic mass is 9.78. The highest BCUT2D eigenvalue weighted by Crippen LogP contribution is 2.40. The molecule has 1 aliphatic heterocycles. The number of nitrogens with one attached hydrogen (secondary N) is 1. The van der Waals surface area contributed by atoms with Crippen LogP contribution in [0.4, 0.5) is 0 Å². The Hall–Kier alpha value is -1.36. The number of aryl methyl sites for hydroxylation is 1. The van der Waals surface area contributed by atoms with Crippen molar-refractivity contribution in [3.63, 3.8) is 0 Å². The fourth-order valence-electron chi connectivity index (χ4n) is 4.85. The topological polar surface area (TPSA) is 40.4 Å². The molecule has 2 aliphatic rings. The molecule has 0 radical (unpaired) electrons. The summed E-state index contributed by atoms with van der Waals surface area (Å²) in [6.45, 7) is 7.39. The molecule has 0 amide bonds. The van der Waals surface area contributed by atoms with Crippen LogP contribution in [-0.2, 0) is 0 Å². The van der Waals surface area contributed by atoms with Gasteiger partial charge in [-0.25, -0.2) is 0 Å². The van der Waals surface area contributed by atoms with Crippen LogP contribution in [0.15, 0.2) is 30.3 Å². The van der Waals surface area contributed by atoms with Gasteiger partial charge in [0.2, 0.25) is 0 Å². The molecule has 1 aromatic carbocycles. The predicted octanol–water partition coefficient (Wildman–Crippen LogP) is 3.09. The molecule has 1 aromatic heterocycles. The van der Waals surface area contributed by atoms with Crippen molar-refractivity contribution in [3.8, 4) is 0 Å². The number of hydrogen-bond acceptors (Lipinski definition) is 3. The third kappa shape index (κ3) is 3.35. The monoisotopic (exact) mass is 341 g/mol. The number of hydrogen-bond donors (Lipinski definition) is 2. The Morgan fingerprint density at radius 1 is 1.12 bits per heavy atom. The van der Waals surface area contributed by atoms with Gasteiger partial charge in [-0.2, -0.15) is 0 Å². The Morgan fingerprint density at radius 2 is 1.84 bits per heavy atom. The molecule has 1 saturated heterocycles. The number of aromatic nitrogens is 1. The highest BCUT2D eigenvalue weighted by Gasteiger charge is 2.40. The molecule has 2 N–H and O–H groups in total. The van der Waals surface area contributed by atoms with Crippen LogP contribution in [0.3, 0.4) is 0 Å². The second kappa shape index (κ2) is 7.10. The fraction of sp³-hybridized carbons (Fsp3) is 0.619. The highest BCUT2D eigenvalue weighted by atomic mass is 16.3. The van der Waals surface area contributed by atoms with Crippen LogP contribution < -0.4 is 5.32 Å². The fourth-order valence-corrected chi connectivity index (χ4v) is 4.85. The first-order chi connectivity index (χ1) is 12.2. The highest BCUT2D eigenvalue weighted by molar-refractivity contribution is 5.81. The van der Waals surface area contributed by atoms with E-state index >= 15 is 0 Å². The maximum absolute atomic E-state index is 11.7. The minimum atomic E-state index is -0.588. The van der Waals surface area contributed by atoms with Gasteiger partial charge in [-0.3, -0.25) is 4.90 Å². The van der Waals surface area contributed by atoms with Crippen molar-refractivity contribution in [1.29, 1.82) is 0 Å². The lowest BCUT2D eigenvalue weighted by Gasteiger charge is -2.43. The lowest BCUT2D eigenvalue weighted by Crippen LogP contribution is -2.51. The summed E-state index contributed by atoms with van der Waals surface area (Å²) in [5.41, 5.74) is 1.94. The van der Waals surface area contributed by atoms with Gasteiger partial charge in [-0.05, 0) is 37.3 Å². The number of para-hydroxylation sites is 1. The molecule has 2 heterocycles. The normalized spacial score (nSPS) is 23.0. The first-order valence-electron chi connectivity index (χ1n) is 9.89. The van der Waals surface area contributed by atoms with E-state index in [1.807, 2.05) is 0 Å². The summed E-state index contributed by atoms with van der Waals surface area (Å²) in [5.74, 6) is 0. The van der Waals surface area contributed by atoms with E-state index in [4.69, 9.17) is 0 Å². The van der Waals surface area contributed by atoms with Crippen LogP contribution >= 0.6 is 0 Å². The summed E-state index contributed by atoms with van der Waals surface area (Å²) >= 11 is 0. The number of rotatable bonds is 4. The van der Waals surface area contributed by atoms with E-state index < -0.39 is 5.60 Å². The van der Waals surface area contributed by atoms with Crippen molar-refractivity contribution in [2.45, 2.75) is 50.7 Å². The average Bonchev–Trinajstić information content (AvgIpc) is 2.97. The van der Waals surface area contributed by atoms with E-state index in [9.17, 15) is 5.11 Å². The van der Waals surface area contributed by atoms with Crippen molar-refractivity contribution in [2.75, 3.05) is 32.7 Å². The zero-order chi connectivity index (χ0) is 17.3. The molecular formula is C21H31N3O. The maximum atomic E-state index is 11.7. The van der Waals surface area contributed by atoms with Crippen molar-refractivity contribution < 1.29 is 5.11 Å². The number of nitrogens with zero attached hydrogens (tertiary/aromatic N) is 2. The minimum Gasteiger partial charge on any atom is -0.388 e. The second-order valence-electron chi connectivity index (χ2n) is 7.95. The molecule has 0 bridgehead atoms. The molecule has 2 aromatic rings. The minimum absolute atomic E-state index is 0.130. The first-order valence-corrected chi connectivity index (χ1v) is 9.89. The van der Waals surface area contributed by atoms with Crippen LogP contribution in [0.2, 0.25) is 0 Å². The molecule has 1 aliphatic carbocycles. The summed E-state index contributed by atoms with van der Waals surface area (Å²) in [7, 11) is 0. The number of benzene rings is 1. The molecule has 4 heteroatoms. The molecule has 1 atom stereocenters. The van der Waals surface area contributed by atoms with Gasteiger partial charge in [0.1, 0.15) is 0 Å². The molecule has 25 heavy (non-hydrogen) atoms. The van der Waals surface area contributed by atoms with Gasteiger partial charge in [0.05, 0.1) is 11.6 Å².